The lowest BCUT2D eigenvalue weighted by Crippen LogP contribution is -2.54. The van der Waals surface area contributed by atoms with Crippen molar-refractivity contribution in [2.75, 3.05) is 33.3 Å². The molecule has 1 atom stereocenters. The summed E-state index contributed by atoms with van der Waals surface area (Å²) in [5, 5.41) is 0. The zero-order valence-electron chi connectivity index (χ0n) is 20.5. The van der Waals surface area contributed by atoms with Gasteiger partial charge in [-0.05, 0) is 22.8 Å². The molecule has 0 amide bonds. The fourth-order valence-corrected chi connectivity index (χ4v) is 4.32. The molecule has 0 aromatic heterocycles. The van der Waals surface area contributed by atoms with Crippen LogP contribution >= 0.6 is 0 Å². The molecule has 1 unspecified atom stereocenters. The Bertz CT molecular complexity index is 672. The van der Waals surface area contributed by atoms with Gasteiger partial charge < -0.3 is 9.64 Å². The van der Waals surface area contributed by atoms with E-state index in [-0.39, 0.29) is 28.3 Å². The van der Waals surface area contributed by atoms with Gasteiger partial charge in [0.15, 0.2) is 0 Å². The number of hydrogen-bond acceptors (Lipinski definition) is 5. The van der Waals surface area contributed by atoms with Crippen molar-refractivity contribution < 1.29 is 9.53 Å². The Morgan fingerprint density at radius 2 is 1.69 bits per heavy atom. The first-order chi connectivity index (χ1) is 13.1. The highest BCUT2D eigenvalue weighted by Crippen LogP contribution is 2.42. The first kappa shape index (κ1) is 23.9. The average molecular weight is 406 g/mol. The van der Waals surface area contributed by atoms with Crippen molar-refractivity contribution in [1.29, 1.82) is 0 Å². The van der Waals surface area contributed by atoms with E-state index in [1.807, 2.05) is 0 Å². The summed E-state index contributed by atoms with van der Waals surface area (Å²) in [5.74, 6) is 1.07. The van der Waals surface area contributed by atoms with E-state index in [4.69, 9.17) is 9.73 Å². The summed E-state index contributed by atoms with van der Waals surface area (Å²) < 4.78 is 4.85. The number of aliphatic imine (C=N–C) groups is 1. The van der Waals surface area contributed by atoms with Crippen LogP contribution in [-0.2, 0) is 9.53 Å². The molecule has 0 N–H and O–H groups in total. The highest BCUT2D eigenvalue weighted by Gasteiger charge is 2.42. The Balaban J connectivity index is 2.48. The topological polar surface area (TPSA) is 45.1 Å². The Morgan fingerprint density at radius 3 is 2.17 bits per heavy atom. The maximum Gasteiger partial charge on any atom is 0.306 e. The van der Waals surface area contributed by atoms with Crippen LogP contribution in [0, 0.1) is 16.2 Å². The molecular weight excluding hydrogens is 362 g/mol. The van der Waals surface area contributed by atoms with Gasteiger partial charge in [-0.15, -0.1) is 0 Å². The van der Waals surface area contributed by atoms with E-state index in [2.05, 4.69) is 72.1 Å². The number of carbonyl (C=O) groups is 1. The fraction of sp³-hybridized carbons (Fsp3) is 0.833. The number of ether oxygens (including phenoxy) is 1. The number of piperazine rings is 1. The molecule has 1 saturated heterocycles. The minimum absolute atomic E-state index is 0.00377. The van der Waals surface area contributed by atoms with Gasteiger partial charge in [-0.25, -0.2) is 0 Å². The second kappa shape index (κ2) is 8.41. The van der Waals surface area contributed by atoms with E-state index in [9.17, 15) is 4.79 Å². The van der Waals surface area contributed by atoms with Gasteiger partial charge in [-0.1, -0.05) is 62.3 Å². The molecule has 5 heteroatoms. The number of amidine groups is 1. The van der Waals surface area contributed by atoms with Gasteiger partial charge in [0.25, 0.3) is 0 Å². The van der Waals surface area contributed by atoms with Crippen LogP contribution in [0.3, 0.4) is 0 Å². The predicted molar refractivity (Wildman–Crippen MR) is 121 cm³/mol. The molecule has 0 radical (unpaired) electrons. The number of carbonyl (C=O) groups excluding carboxylic acids is 1. The molecule has 0 saturated carbocycles. The molecule has 0 bridgehead atoms. The maximum absolute atomic E-state index is 11.7. The van der Waals surface area contributed by atoms with E-state index < -0.39 is 0 Å². The number of rotatable bonds is 4. The van der Waals surface area contributed by atoms with Crippen molar-refractivity contribution in [3.05, 3.63) is 11.3 Å². The van der Waals surface area contributed by atoms with Crippen LogP contribution in [0.2, 0.25) is 0 Å². The van der Waals surface area contributed by atoms with E-state index in [1.165, 1.54) is 24.2 Å². The SMILES string of the molecule is COC(=O)CCN1CCN2C(C(C)(C)C)=NC(C(C)(C)C)C(CC(C)(C)C)=C2C1. The molecule has 1 fully saturated rings. The lowest BCUT2D eigenvalue weighted by atomic mass is 9.74. The average Bonchev–Trinajstić information content (AvgIpc) is 2.56. The summed E-state index contributed by atoms with van der Waals surface area (Å²) in [6, 6.07) is 0.183. The van der Waals surface area contributed by atoms with E-state index in [1.54, 1.807) is 0 Å². The maximum atomic E-state index is 11.7. The Kier molecular flexibility index (Phi) is 6.93. The minimum atomic E-state index is -0.135. The summed E-state index contributed by atoms with van der Waals surface area (Å²) in [7, 11) is 1.46. The Labute approximate surface area is 178 Å². The normalized spacial score (nSPS) is 21.8. The van der Waals surface area contributed by atoms with Crippen molar-refractivity contribution in [3.63, 3.8) is 0 Å². The molecule has 2 heterocycles. The highest BCUT2D eigenvalue weighted by molar-refractivity contribution is 5.90. The third kappa shape index (κ3) is 6.07. The quantitative estimate of drug-likeness (QED) is 0.634. The Hall–Kier alpha value is -1.36. The predicted octanol–water partition coefficient (Wildman–Crippen LogP) is 4.73. The minimum Gasteiger partial charge on any atom is -0.469 e. The molecule has 0 spiro atoms. The summed E-state index contributed by atoms with van der Waals surface area (Å²) in [6.45, 7) is 24.1. The van der Waals surface area contributed by atoms with Crippen molar-refractivity contribution >= 4 is 11.8 Å². The zero-order chi connectivity index (χ0) is 22.2. The van der Waals surface area contributed by atoms with Gasteiger partial charge in [0.1, 0.15) is 5.84 Å². The smallest absolute Gasteiger partial charge is 0.306 e. The molecule has 0 aliphatic carbocycles. The van der Waals surface area contributed by atoms with Crippen molar-refractivity contribution in [2.45, 2.75) is 81.2 Å². The van der Waals surface area contributed by atoms with Crippen LogP contribution in [0.1, 0.15) is 75.2 Å². The fourth-order valence-electron chi connectivity index (χ4n) is 4.32. The third-order valence-corrected chi connectivity index (χ3v) is 5.62. The van der Waals surface area contributed by atoms with E-state index in [0.717, 1.165) is 32.6 Å². The number of esters is 1. The second-order valence-electron chi connectivity index (χ2n) is 11.9. The number of methoxy groups -OCH3 is 1. The summed E-state index contributed by atoms with van der Waals surface area (Å²) in [5.41, 5.74) is 3.14. The third-order valence-electron chi connectivity index (χ3n) is 5.62. The molecule has 0 aromatic carbocycles. The number of hydrogen-bond donors (Lipinski definition) is 0. The highest BCUT2D eigenvalue weighted by atomic mass is 16.5. The molecule has 2 aliphatic heterocycles. The lowest BCUT2D eigenvalue weighted by Gasteiger charge is -2.49. The second-order valence-corrected chi connectivity index (χ2v) is 11.9. The largest absolute Gasteiger partial charge is 0.469 e. The van der Waals surface area contributed by atoms with Crippen LogP contribution in [0.4, 0.5) is 0 Å². The molecule has 166 valence electrons. The molecule has 5 nitrogen and oxygen atoms in total. The van der Waals surface area contributed by atoms with Gasteiger partial charge in [-0.3, -0.25) is 14.7 Å². The van der Waals surface area contributed by atoms with Crippen molar-refractivity contribution in [1.82, 2.24) is 9.80 Å². The first-order valence-corrected chi connectivity index (χ1v) is 11.0. The van der Waals surface area contributed by atoms with Gasteiger partial charge >= 0.3 is 5.97 Å². The number of fused-ring (bicyclic) bond motifs is 1. The van der Waals surface area contributed by atoms with Crippen LogP contribution in [0.25, 0.3) is 0 Å². The summed E-state index contributed by atoms with van der Waals surface area (Å²) in [6.07, 6.45) is 1.48. The van der Waals surface area contributed by atoms with Crippen LogP contribution in [0.5, 0.6) is 0 Å². The molecule has 29 heavy (non-hydrogen) atoms. The van der Waals surface area contributed by atoms with Gasteiger partial charge in [0, 0.05) is 37.3 Å². The van der Waals surface area contributed by atoms with E-state index >= 15 is 0 Å². The van der Waals surface area contributed by atoms with Gasteiger partial charge in [-0.2, -0.15) is 0 Å². The standard InChI is InChI=1S/C24H43N3O2/c1-22(2,3)15-17-18-16-26(12-11-19(28)29-10)13-14-27(18)21(24(7,8)9)25-20(17)23(4,5)6/h20H,11-16H2,1-10H3. The van der Waals surface area contributed by atoms with Crippen LogP contribution in [-0.4, -0.2) is 60.9 Å². The van der Waals surface area contributed by atoms with Gasteiger partial charge in [0.05, 0.1) is 19.6 Å². The van der Waals surface area contributed by atoms with Crippen LogP contribution in [0.15, 0.2) is 16.3 Å². The summed E-state index contributed by atoms with van der Waals surface area (Å²) in [4.78, 5) is 21.9. The molecular formula is C24H43N3O2. The summed E-state index contributed by atoms with van der Waals surface area (Å²) >= 11 is 0. The molecule has 2 aliphatic rings. The first-order valence-electron chi connectivity index (χ1n) is 11.0. The molecule has 2 rings (SSSR count). The van der Waals surface area contributed by atoms with Crippen LogP contribution < -0.4 is 0 Å². The molecule has 0 aromatic rings. The number of nitrogens with zero attached hydrogens (tertiary/aromatic N) is 3. The van der Waals surface area contributed by atoms with E-state index in [0.29, 0.717) is 6.42 Å². The Morgan fingerprint density at radius 1 is 1.07 bits per heavy atom. The lowest BCUT2D eigenvalue weighted by molar-refractivity contribution is -0.141. The zero-order valence-corrected chi connectivity index (χ0v) is 20.5. The van der Waals surface area contributed by atoms with Crippen molar-refractivity contribution in [3.8, 4) is 0 Å². The van der Waals surface area contributed by atoms with Gasteiger partial charge in [0.2, 0.25) is 0 Å². The van der Waals surface area contributed by atoms with Crippen molar-refractivity contribution in [2.24, 2.45) is 21.2 Å². The monoisotopic (exact) mass is 405 g/mol.